The monoisotopic (exact) mass is 410 g/mol. The number of rotatable bonds is 5. The highest BCUT2D eigenvalue weighted by molar-refractivity contribution is 9.10. The first-order chi connectivity index (χ1) is 12.0. The molecular formula is C16H13BrF2N4O2. The van der Waals surface area contributed by atoms with E-state index in [-0.39, 0.29) is 34.6 Å². The van der Waals surface area contributed by atoms with Gasteiger partial charge in [0.1, 0.15) is 28.5 Å². The standard InChI is InChI=1S/C16H13BrF2N4O2/c1-9-21-15(25-8-10-2-3-11(18)6-13(10)19)14(17)16(24)23(9)7-12-4-5-20-22-12/h2-6H,7-8H2,1H3,(H,20,22). The quantitative estimate of drug-likeness (QED) is 0.701. The molecule has 0 fully saturated rings. The summed E-state index contributed by atoms with van der Waals surface area (Å²) in [5.74, 6) is -0.914. The topological polar surface area (TPSA) is 72.8 Å². The second-order valence-corrected chi connectivity index (χ2v) is 6.07. The van der Waals surface area contributed by atoms with E-state index < -0.39 is 11.6 Å². The van der Waals surface area contributed by atoms with Gasteiger partial charge in [0.15, 0.2) is 0 Å². The molecule has 6 nitrogen and oxygen atoms in total. The average molecular weight is 411 g/mol. The Kier molecular flexibility index (Phi) is 4.93. The zero-order valence-electron chi connectivity index (χ0n) is 13.1. The third-order valence-corrected chi connectivity index (χ3v) is 4.22. The first-order valence-electron chi connectivity index (χ1n) is 7.27. The molecule has 0 saturated heterocycles. The van der Waals surface area contributed by atoms with Crippen molar-refractivity contribution >= 4 is 15.9 Å². The van der Waals surface area contributed by atoms with Gasteiger partial charge in [0, 0.05) is 17.8 Å². The second-order valence-electron chi connectivity index (χ2n) is 5.28. The third kappa shape index (κ3) is 3.76. The summed E-state index contributed by atoms with van der Waals surface area (Å²) < 4.78 is 33.6. The van der Waals surface area contributed by atoms with E-state index in [0.717, 1.165) is 17.8 Å². The molecule has 9 heteroatoms. The van der Waals surface area contributed by atoms with Crippen molar-refractivity contribution in [2.75, 3.05) is 0 Å². The molecular weight excluding hydrogens is 398 g/mol. The number of hydrogen-bond acceptors (Lipinski definition) is 4. The summed E-state index contributed by atoms with van der Waals surface area (Å²) in [4.78, 5) is 16.7. The predicted octanol–water partition coefficient (Wildman–Crippen LogP) is 2.94. The number of nitrogens with zero attached hydrogens (tertiary/aromatic N) is 3. The number of halogens is 3. The van der Waals surface area contributed by atoms with Crippen LogP contribution >= 0.6 is 15.9 Å². The summed E-state index contributed by atoms with van der Waals surface area (Å²) in [5, 5.41) is 6.61. The van der Waals surface area contributed by atoms with Gasteiger partial charge in [-0.3, -0.25) is 14.5 Å². The van der Waals surface area contributed by atoms with Crippen molar-refractivity contribution in [3.8, 4) is 5.88 Å². The fourth-order valence-electron chi connectivity index (χ4n) is 2.22. The Labute approximate surface area is 149 Å². The number of nitrogens with one attached hydrogen (secondary N) is 1. The average Bonchev–Trinajstić information content (AvgIpc) is 3.08. The first-order valence-corrected chi connectivity index (χ1v) is 8.07. The van der Waals surface area contributed by atoms with Crippen LogP contribution in [0, 0.1) is 18.6 Å². The van der Waals surface area contributed by atoms with Gasteiger partial charge in [-0.05, 0) is 41.1 Å². The highest BCUT2D eigenvalue weighted by Crippen LogP contribution is 2.21. The van der Waals surface area contributed by atoms with Crippen LogP contribution < -0.4 is 10.3 Å². The molecule has 0 aliphatic carbocycles. The van der Waals surface area contributed by atoms with Gasteiger partial charge < -0.3 is 4.74 Å². The Morgan fingerprint density at radius 1 is 1.32 bits per heavy atom. The number of aryl methyl sites for hydroxylation is 1. The summed E-state index contributed by atoms with van der Waals surface area (Å²) in [5.41, 5.74) is 0.576. The molecule has 0 bridgehead atoms. The van der Waals surface area contributed by atoms with E-state index >= 15 is 0 Å². The van der Waals surface area contributed by atoms with E-state index in [2.05, 4.69) is 31.1 Å². The van der Waals surface area contributed by atoms with Crippen LogP contribution in [0.25, 0.3) is 0 Å². The predicted molar refractivity (Wildman–Crippen MR) is 89.3 cm³/mol. The van der Waals surface area contributed by atoms with Gasteiger partial charge in [-0.15, -0.1) is 0 Å². The number of benzene rings is 1. The first kappa shape index (κ1) is 17.3. The van der Waals surface area contributed by atoms with E-state index in [1.54, 1.807) is 19.2 Å². The molecule has 0 atom stereocenters. The number of aromatic amines is 1. The summed E-state index contributed by atoms with van der Waals surface area (Å²) in [6.07, 6.45) is 1.59. The Bertz CT molecular complexity index is 958. The lowest BCUT2D eigenvalue weighted by Crippen LogP contribution is -2.26. The van der Waals surface area contributed by atoms with Crippen LogP contribution in [0.5, 0.6) is 5.88 Å². The lowest BCUT2D eigenvalue weighted by Gasteiger charge is -2.13. The van der Waals surface area contributed by atoms with E-state index in [0.29, 0.717) is 5.82 Å². The second kappa shape index (κ2) is 7.14. The molecule has 0 radical (unpaired) electrons. The highest BCUT2D eigenvalue weighted by atomic mass is 79.9. The zero-order chi connectivity index (χ0) is 18.0. The van der Waals surface area contributed by atoms with Crippen LogP contribution in [0.15, 0.2) is 39.7 Å². The summed E-state index contributed by atoms with van der Waals surface area (Å²) in [6.45, 7) is 1.76. The molecule has 0 saturated carbocycles. The minimum atomic E-state index is -0.722. The molecule has 2 heterocycles. The van der Waals surface area contributed by atoms with Gasteiger partial charge in [0.25, 0.3) is 5.56 Å². The van der Waals surface area contributed by atoms with Crippen LogP contribution in [0.1, 0.15) is 17.1 Å². The molecule has 0 spiro atoms. The van der Waals surface area contributed by atoms with E-state index in [9.17, 15) is 13.6 Å². The minimum absolute atomic E-state index is 0.0482. The van der Waals surface area contributed by atoms with E-state index in [1.165, 1.54) is 10.6 Å². The van der Waals surface area contributed by atoms with Crippen LogP contribution in [-0.2, 0) is 13.2 Å². The van der Waals surface area contributed by atoms with E-state index in [1.807, 2.05) is 0 Å². The van der Waals surface area contributed by atoms with Gasteiger partial charge in [-0.2, -0.15) is 10.1 Å². The maximum atomic E-state index is 13.7. The number of ether oxygens (including phenoxy) is 1. The number of aromatic nitrogens is 4. The molecule has 25 heavy (non-hydrogen) atoms. The van der Waals surface area contributed by atoms with Gasteiger partial charge in [0.05, 0.1) is 12.2 Å². The van der Waals surface area contributed by atoms with Crippen LogP contribution in [0.4, 0.5) is 8.78 Å². The maximum Gasteiger partial charge on any atom is 0.272 e. The lowest BCUT2D eigenvalue weighted by atomic mass is 10.2. The molecule has 1 aromatic carbocycles. The molecule has 130 valence electrons. The minimum Gasteiger partial charge on any atom is -0.472 e. The third-order valence-electron chi connectivity index (χ3n) is 3.54. The van der Waals surface area contributed by atoms with Crippen LogP contribution in [0.3, 0.4) is 0 Å². The van der Waals surface area contributed by atoms with Crippen molar-refractivity contribution < 1.29 is 13.5 Å². The Balaban J connectivity index is 1.84. The van der Waals surface area contributed by atoms with Crippen molar-refractivity contribution in [1.29, 1.82) is 0 Å². The lowest BCUT2D eigenvalue weighted by molar-refractivity contribution is 0.282. The SMILES string of the molecule is Cc1nc(OCc2ccc(F)cc2F)c(Br)c(=O)n1Cc1ccn[nH]1. The fraction of sp³-hybridized carbons (Fsp3) is 0.188. The molecule has 3 rings (SSSR count). The molecule has 1 N–H and O–H groups in total. The smallest absolute Gasteiger partial charge is 0.272 e. The normalized spacial score (nSPS) is 10.9. The van der Waals surface area contributed by atoms with Crippen molar-refractivity contribution in [2.45, 2.75) is 20.1 Å². The largest absolute Gasteiger partial charge is 0.472 e. The summed E-state index contributed by atoms with van der Waals surface area (Å²) in [7, 11) is 0. The van der Waals surface area contributed by atoms with Gasteiger partial charge in [0.2, 0.25) is 5.88 Å². The molecule has 0 aliphatic heterocycles. The molecule has 0 aliphatic rings. The van der Waals surface area contributed by atoms with Gasteiger partial charge in [-0.25, -0.2) is 8.78 Å². The number of H-pyrrole nitrogens is 1. The van der Waals surface area contributed by atoms with Crippen molar-refractivity contribution in [3.63, 3.8) is 0 Å². The van der Waals surface area contributed by atoms with Crippen LogP contribution in [-0.4, -0.2) is 19.7 Å². The van der Waals surface area contributed by atoms with Crippen molar-refractivity contribution in [1.82, 2.24) is 19.7 Å². The Morgan fingerprint density at radius 3 is 2.80 bits per heavy atom. The van der Waals surface area contributed by atoms with E-state index in [4.69, 9.17) is 4.74 Å². The molecule has 3 aromatic rings. The Morgan fingerprint density at radius 2 is 2.12 bits per heavy atom. The van der Waals surface area contributed by atoms with Gasteiger partial charge >= 0.3 is 0 Å². The van der Waals surface area contributed by atoms with Crippen molar-refractivity contribution in [3.05, 3.63) is 74.0 Å². The molecule has 2 aromatic heterocycles. The van der Waals surface area contributed by atoms with Gasteiger partial charge in [-0.1, -0.05) is 0 Å². The highest BCUT2D eigenvalue weighted by Gasteiger charge is 2.15. The summed E-state index contributed by atoms with van der Waals surface area (Å²) >= 11 is 3.17. The van der Waals surface area contributed by atoms with Crippen LogP contribution in [0.2, 0.25) is 0 Å². The Hall–Kier alpha value is -2.55. The summed E-state index contributed by atoms with van der Waals surface area (Å²) in [6, 6.07) is 4.94. The fourth-order valence-corrected chi connectivity index (χ4v) is 2.64. The zero-order valence-corrected chi connectivity index (χ0v) is 14.7. The molecule has 0 amide bonds. The molecule has 0 unspecified atom stereocenters. The number of hydrogen-bond donors (Lipinski definition) is 1. The maximum absolute atomic E-state index is 13.7. The van der Waals surface area contributed by atoms with Crippen molar-refractivity contribution in [2.24, 2.45) is 0 Å².